The number of hydrogen-bond acceptors (Lipinski definition) is 6. The summed E-state index contributed by atoms with van der Waals surface area (Å²) in [6, 6.07) is 0. The second-order valence-corrected chi connectivity index (χ2v) is 6.30. The molecule has 0 amide bonds. The molecule has 0 radical (unpaired) electrons. The van der Waals surface area contributed by atoms with Gasteiger partial charge in [-0.1, -0.05) is 0 Å². The summed E-state index contributed by atoms with van der Waals surface area (Å²) in [4.78, 5) is 10.9. The monoisotopic (exact) mass is 282 g/mol. The van der Waals surface area contributed by atoms with E-state index in [2.05, 4.69) is 0 Å². The molecule has 0 aliphatic carbocycles. The van der Waals surface area contributed by atoms with Crippen LogP contribution < -0.4 is 0 Å². The second-order valence-electron chi connectivity index (χ2n) is 3.62. The topological polar surface area (TPSA) is 71.1 Å². The van der Waals surface area contributed by atoms with Crippen LogP contribution in [0.2, 0.25) is 0 Å². The highest BCUT2D eigenvalue weighted by Crippen LogP contribution is 2.60. The van der Waals surface area contributed by atoms with Crippen LogP contribution >= 0.6 is 7.37 Å². The van der Waals surface area contributed by atoms with Crippen molar-refractivity contribution in [2.45, 2.75) is 40.1 Å². The summed E-state index contributed by atoms with van der Waals surface area (Å²) in [5.41, 5.74) is -1.40. The molecule has 108 valence electrons. The van der Waals surface area contributed by atoms with E-state index in [9.17, 15) is 9.36 Å². The molecule has 0 spiro atoms. The molecule has 0 heterocycles. The molecule has 0 aromatic rings. The smallest absolute Gasteiger partial charge is 0.303 e. The van der Waals surface area contributed by atoms with Crippen LogP contribution in [0.25, 0.3) is 0 Å². The van der Waals surface area contributed by atoms with Gasteiger partial charge in [-0.3, -0.25) is 9.36 Å². The van der Waals surface area contributed by atoms with E-state index in [-0.39, 0.29) is 13.0 Å². The van der Waals surface area contributed by atoms with Gasteiger partial charge in [-0.2, -0.15) is 0 Å². The van der Waals surface area contributed by atoms with Crippen LogP contribution in [-0.2, 0) is 28.1 Å². The Morgan fingerprint density at radius 1 is 1.11 bits per heavy atom. The summed E-state index contributed by atoms with van der Waals surface area (Å²) >= 11 is 0. The van der Waals surface area contributed by atoms with E-state index in [1.165, 1.54) is 6.92 Å². The highest BCUT2D eigenvalue weighted by atomic mass is 31.2. The Hall–Kier alpha value is -0.420. The van der Waals surface area contributed by atoms with Gasteiger partial charge >= 0.3 is 5.97 Å². The number of ether oxygens (including phenoxy) is 3. The number of rotatable bonds is 9. The first-order chi connectivity index (χ1) is 8.35. The van der Waals surface area contributed by atoms with Gasteiger partial charge in [0.05, 0.1) is 6.61 Å². The zero-order valence-corrected chi connectivity index (χ0v) is 12.6. The van der Waals surface area contributed by atoms with Gasteiger partial charge in [0, 0.05) is 20.1 Å². The molecule has 6 nitrogen and oxygen atoms in total. The van der Waals surface area contributed by atoms with E-state index in [1.54, 1.807) is 27.7 Å². The van der Waals surface area contributed by atoms with E-state index < -0.39 is 18.9 Å². The highest BCUT2D eigenvalue weighted by molar-refractivity contribution is 7.60. The third-order valence-corrected chi connectivity index (χ3v) is 4.86. The molecule has 18 heavy (non-hydrogen) atoms. The van der Waals surface area contributed by atoms with Gasteiger partial charge < -0.3 is 18.7 Å². The molecule has 0 aliphatic heterocycles. The first kappa shape index (κ1) is 17.6. The largest absolute Gasteiger partial charge is 0.455 e. The molecule has 0 saturated heterocycles. The molecule has 0 N–H and O–H groups in total. The number of carbonyl (C=O) groups excluding carboxylic acids is 1. The van der Waals surface area contributed by atoms with Crippen molar-refractivity contribution in [3.8, 4) is 0 Å². The maximum atomic E-state index is 12.8. The Bertz CT molecular complexity index is 298. The molecule has 0 saturated carbocycles. The summed E-state index contributed by atoms with van der Waals surface area (Å²) in [5.74, 6) is -0.523. The lowest BCUT2D eigenvalue weighted by molar-refractivity contribution is -0.170. The molecule has 0 rings (SSSR count). The van der Waals surface area contributed by atoms with Gasteiger partial charge in [0.2, 0.25) is 5.53 Å². The van der Waals surface area contributed by atoms with Crippen LogP contribution in [-0.4, -0.2) is 37.7 Å². The predicted molar refractivity (Wildman–Crippen MR) is 67.5 cm³/mol. The van der Waals surface area contributed by atoms with Crippen molar-refractivity contribution >= 4 is 13.3 Å². The lowest BCUT2D eigenvalue weighted by Gasteiger charge is -2.35. The molecule has 0 aromatic heterocycles. The minimum Gasteiger partial charge on any atom is -0.455 e. The van der Waals surface area contributed by atoms with E-state index in [1.807, 2.05) is 0 Å². The van der Waals surface area contributed by atoms with Crippen molar-refractivity contribution in [3.63, 3.8) is 0 Å². The Morgan fingerprint density at radius 2 is 1.61 bits per heavy atom. The molecule has 0 aliphatic rings. The SMILES string of the molecule is CCOC(C)(OCC)P(=O)(COC(C)=O)OCC. The number of hydrogen-bond donors (Lipinski definition) is 0. The van der Waals surface area contributed by atoms with Crippen molar-refractivity contribution < 1.29 is 28.1 Å². The van der Waals surface area contributed by atoms with Crippen LogP contribution in [0.1, 0.15) is 34.6 Å². The summed E-state index contributed by atoms with van der Waals surface area (Å²) in [6.45, 7) is 8.86. The fraction of sp³-hybridized carbons (Fsp3) is 0.909. The van der Waals surface area contributed by atoms with Crippen LogP contribution in [0.4, 0.5) is 0 Å². The van der Waals surface area contributed by atoms with Gasteiger partial charge in [0.25, 0.3) is 7.37 Å². The first-order valence-corrected chi connectivity index (χ1v) is 7.81. The molecule has 1 unspecified atom stereocenters. The van der Waals surface area contributed by atoms with Crippen LogP contribution in [0, 0.1) is 0 Å². The van der Waals surface area contributed by atoms with Gasteiger partial charge in [-0.25, -0.2) is 0 Å². The predicted octanol–water partition coefficient (Wildman–Crippen LogP) is 2.57. The summed E-state index contributed by atoms with van der Waals surface area (Å²) < 4.78 is 33.7. The van der Waals surface area contributed by atoms with Gasteiger partial charge in [-0.05, 0) is 27.7 Å². The van der Waals surface area contributed by atoms with E-state index in [0.29, 0.717) is 13.2 Å². The first-order valence-electron chi connectivity index (χ1n) is 6.00. The Kier molecular flexibility index (Phi) is 7.71. The molecule has 7 heteroatoms. The highest BCUT2D eigenvalue weighted by Gasteiger charge is 2.48. The molecule has 0 fully saturated rings. The third-order valence-electron chi connectivity index (χ3n) is 2.22. The standard InChI is InChI=1S/C11H23O6P/c1-6-15-11(5,16-7-2)18(13,17-8-3)9-14-10(4)12/h6-9H2,1-5H3. The average molecular weight is 282 g/mol. The molecular formula is C11H23O6P. The van der Waals surface area contributed by atoms with Crippen molar-refractivity contribution in [3.05, 3.63) is 0 Å². The molecular weight excluding hydrogens is 259 g/mol. The maximum absolute atomic E-state index is 12.8. The third kappa shape index (κ3) is 4.69. The Labute approximate surface area is 108 Å². The van der Waals surface area contributed by atoms with Gasteiger partial charge in [0.15, 0.2) is 6.35 Å². The van der Waals surface area contributed by atoms with Gasteiger partial charge in [0.1, 0.15) is 0 Å². The average Bonchev–Trinajstić information content (AvgIpc) is 2.27. The molecule has 0 bridgehead atoms. The summed E-state index contributed by atoms with van der Waals surface area (Å²) in [7, 11) is -3.42. The van der Waals surface area contributed by atoms with Crippen LogP contribution in [0.5, 0.6) is 0 Å². The lowest BCUT2D eigenvalue weighted by atomic mass is 10.7. The van der Waals surface area contributed by atoms with Crippen molar-refractivity contribution in [1.82, 2.24) is 0 Å². The van der Waals surface area contributed by atoms with Crippen LogP contribution in [0.15, 0.2) is 0 Å². The Morgan fingerprint density at radius 3 is 1.94 bits per heavy atom. The normalized spacial score (nSPS) is 15.2. The minimum absolute atomic E-state index is 0.217. The van der Waals surface area contributed by atoms with E-state index in [4.69, 9.17) is 18.7 Å². The number of carbonyl (C=O) groups is 1. The molecule has 0 aromatic carbocycles. The molecule has 1 atom stereocenters. The van der Waals surface area contributed by atoms with E-state index >= 15 is 0 Å². The minimum atomic E-state index is -3.42. The zero-order chi connectivity index (χ0) is 14.2. The van der Waals surface area contributed by atoms with Crippen molar-refractivity contribution in [2.75, 3.05) is 26.2 Å². The van der Waals surface area contributed by atoms with Crippen LogP contribution in [0.3, 0.4) is 0 Å². The number of esters is 1. The fourth-order valence-corrected chi connectivity index (χ4v) is 3.39. The second kappa shape index (κ2) is 7.89. The Balaban J connectivity index is 5.10. The van der Waals surface area contributed by atoms with E-state index in [0.717, 1.165) is 0 Å². The quantitative estimate of drug-likeness (QED) is 0.368. The lowest BCUT2D eigenvalue weighted by Crippen LogP contribution is -2.35. The maximum Gasteiger partial charge on any atom is 0.303 e. The summed E-state index contributed by atoms with van der Waals surface area (Å²) in [6.07, 6.45) is -0.354. The van der Waals surface area contributed by atoms with Gasteiger partial charge in [-0.15, -0.1) is 0 Å². The summed E-state index contributed by atoms with van der Waals surface area (Å²) in [5, 5.41) is 0. The van der Waals surface area contributed by atoms with Crippen molar-refractivity contribution in [2.24, 2.45) is 0 Å². The van der Waals surface area contributed by atoms with Crippen molar-refractivity contribution in [1.29, 1.82) is 0 Å². The fourth-order valence-electron chi connectivity index (χ4n) is 1.43. The zero-order valence-electron chi connectivity index (χ0n) is 11.7.